The topological polar surface area (TPSA) is 65.7 Å². The Morgan fingerprint density at radius 2 is 2.14 bits per heavy atom. The van der Waals surface area contributed by atoms with Gasteiger partial charge in [-0.2, -0.15) is 4.39 Å². The molecule has 1 fully saturated rings. The highest BCUT2D eigenvalue weighted by Gasteiger charge is 2.21. The first kappa shape index (κ1) is 13.3. The molecule has 0 amide bonds. The van der Waals surface area contributed by atoms with Crippen molar-refractivity contribution in [3.05, 3.63) is 36.9 Å². The van der Waals surface area contributed by atoms with Gasteiger partial charge in [-0.15, -0.1) is 0 Å². The minimum atomic E-state index is -0.564. The number of nitrogens with zero attached hydrogens (tertiary/aromatic N) is 5. The van der Waals surface area contributed by atoms with Gasteiger partial charge < -0.3 is 4.74 Å². The van der Waals surface area contributed by atoms with Crippen LogP contribution in [-0.4, -0.2) is 31.1 Å². The molecule has 0 radical (unpaired) electrons. The Hall–Kier alpha value is -2.41. The maximum Gasteiger partial charge on any atom is 0.222 e. The molecule has 0 N–H and O–H groups in total. The third kappa shape index (κ3) is 2.14. The largest absolute Gasteiger partial charge is 0.358 e. The van der Waals surface area contributed by atoms with Crippen LogP contribution in [0.1, 0.15) is 25.5 Å². The molecule has 0 aromatic carbocycles. The molecule has 0 aliphatic carbocycles. The first-order valence-electron chi connectivity index (χ1n) is 7.24. The van der Waals surface area contributed by atoms with Crippen molar-refractivity contribution in [2.45, 2.75) is 25.5 Å². The molecule has 0 unspecified atom stereocenters. The number of pyridine rings is 1. The smallest absolute Gasteiger partial charge is 0.222 e. The summed E-state index contributed by atoms with van der Waals surface area (Å²) in [5, 5.41) is 0. The highest BCUT2D eigenvalue weighted by molar-refractivity contribution is 5.86. The Morgan fingerprint density at radius 1 is 1.18 bits per heavy atom. The van der Waals surface area contributed by atoms with E-state index in [0.717, 1.165) is 25.9 Å². The molecule has 112 valence electrons. The van der Waals surface area contributed by atoms with E-state index in [1.807, 2.05) is 4.57 Å². The van der Waals surface area contributed by atoms with Crippen molar-refractivity contribution >= 4 is 11.2 Å². The molecule has 4 rings (SSSR count). The van der Waals surface area contributed by atoms with E-state index in [0.29, 0.717) is 22.4 Å². The van der Waals surface area contributed by atoms with Crippen LogP contribution in [-0.2, 0) is 4.74 Å². The van der Waals surface area contributed by atoms with Gasteiger partial charge in [0, 0.05) is 12.8 Å². The molecule has 1 saturated heterocycles. The number of rotatable bonds is 2. The van der Waals surface area contributed by atoms with E-state index in [2.05, 4.69) is 19.9 Å². The van der Waals surface area contributed by atoms with Gasteiger partial charge in [0.1, 0.15) is 23.8 Å². The molecule has 3 aromatic heterocycles. The van der Waals surface area contributed by atoms with E-state index in [-0.39, 0.29) is 6.23 Å². The van der Waals surface area contributed by atoms with E-state index in [9.17, 15) is 4.39 Å². The number of fused-ring (bicyclic) bond motifs is 1. The zero-order valence-corrected chi connectivity index (χ0v) is 11.8. The van der Waals surface area contributed by atoms with Crippen LogP contribution in [0.5, 0.6) is 0 Å². The van der Waals surface area contributed by atoms with Crippen LogP contribution in [0.4, 0.5) is 4.39 Å². The molecule has 22 heavy (non-hydrogen) atoms. The van der Waals surface area contributed by atoms with Gasteiger partial charge in [0.05, 0.1) is 11.9 Å². The third-order valence-corrected chi connectivity index (χ3v) is 3.84. The highest BCUT2D eigenvalue weighted by atomic mass is 19.1. The van der Waals surface area contributed by atoms with Gasteiger partial charge >= 0.3 is 0 Å². The van der Waals surface area contributed by atoms with Crippen LogP contribution in [0.15, 0.2) is 31.0 Å². The summed E-state index contributed by atoms with van der Waals surface area (Å²) in [6, 6.07) is 3.31. The van der Waals surface area contributed by atoms with Crippen LogP contribution in [0.2, 0.25) is 0 Å². The lowest BCUT2D eigenvalue weighted by atomic mass is 10.1. The van der Waals surface area contributed by atoms with Crippen molar-refractivity contribution in [3.8, 4) is 11.3 Å². The summed E-state index contributed by atoms with van der Waals surface area (Å²) < 4.78 is 21.6. The van der Waals surface area contributed by atoms with Crippen LogP contribution in [0, 0.1) is 5.95 Å². The second kappa shape index (κ2) is 5.42. The Morgan fingerprint density at radius 3 is 2.95 bits per heavy atom. The molecule has 6 nitrogen and oxygen atoms in total. The van der Waals surface area contributed by atoms with Crippen molar-refractivity contribution in [1.29, 1.82) is 0 Å². The standard InChI is InChI=1S/C15H14FN5O/c16-14-10(4-3-6-17-14)12-13-15(19-8-18-12)21(9-20-13)11-5-1-2-7-22-11/h3-4,6,8-9,11H,1-2,5,7H2/t11-/m1/s1. The predicted molar refractivity (Wildman–Crippen MR) is 77.4 cm³/mol. The Labute approximate surface area is 126 Å². The number of hydrogen-bond acceptors (Lipinski definition) is 5. The molecule has 0 spiro atoms. The van der Waals surface area contributed by atoms with E-state index >= 15 is 0 Å². The number of aromatic nitrogens is 5. The Kier molecular flexibility index (Phi) is 3.27. The minimum Gasteiger partial charge on any atom is -0.358 e. The molecule has 3 aromatic rings. The van der Waals surface area contributed by atoms with Gasteiger partial charge in [-0.05, 0) is 31.4 Å². The normalized spacial score (nSPS) is 18.7. The Balaban J connectivity index is 1.85. The fourth-order valence-electron chi connectivity index (χ4n) is 2.77. The lowest BCUT2D eigenvalue weighted by Gasteiger charge is -2.23. The molecular weight excluding hydrogens is 285 g/mol. The Bertz CT molecular complexity index is 813. The van der Waals surface area contributed by atoms with Crippen molar-refractivity contribution in [2.24, 2.45) is 0 Å². The van der Waals surface area contributed by atoms with Gasteiger partial charge in [0.25, 0.3) is 0 Å². The van der Waals surface area contributed by atoms with Gasteiger partial charge in [-0.3, -0.25) is 4.57 Å². The zero-order chi connectivity index (χ0) is 14.9. The van der Waals surface area contributed by atoms with Crippen molar-refractivity contribution in [3.63, 3.8) is 0 Å². The molecule has 1 atom stereocenters. The lowest BCUT2D eigenvalue weighted by Crippen LogP contribution is -2.17. The number of ether oxygens (including phenoxy) is 1. The zero-order valence-electron chi connectivity index (χ0n) is 11.8. The molecule has 1 aliphatic rings. The monoisotopic (exact) mass is 299 g/mol. The average molecular weight is 299 g/mol. The van der Waals surface area contributed by atoms with Crippen LogP contribution in [0.25, 0.3) is 22.4 Å². The second-order valence-corrected chi connectivity index (χ2v) is 5.21. The molecule has 0 bridgehead atoms. The highest BCUT2D eigenvalue weighted by Crippen LogP contribution is 2.29. The summed E-state index contributed by atoms with van der Waals surface area (Å²) in [6.45, 7) is 0.736. The summed E-state index contributed by atoms with van der Waals surface area (Å²) in [7, 11) is 0. The first-order valence-corrected chi connectivity index (χ1v) is 7.24. The van der Waals surface area contributed by atoms with E-state index < -0.39 is 5.95 Å². The minimum absolute atomic E-state index is 0.0692. The molecular formula is C15H14FN5O. The van der Waals surface area contributed by atoms with Crippen molar-refractivity contribution in [2.75, 3.05) is 6.61 Å². The number of imidazole rings is 1. The average Bonchev–Trinajstić information content (AvgIpc) is 3.00. The summed E-state index contributed by atoms with van der Waals surface area (Å²) in [6.07, 6.45) is 7.56. The first-order chi connectivity index (χ1) is 10.8. The number of halogens is 1. The van der Waals surface area contributed by atoms with Gasteiger partial charge in [0.15, 0.2) is 5.65 Å². The quantitative estimate of drug-likeness (QED) is 0.681. The maximum atomic E-state index is 13.9. The lowest BCUT2D eigenvalue weighted by molar-refractivity contribution is -0.0298. The predicted octanol–water partition coefficient (Wildman–Crippen LogP) is 2.73. The van der Waals surface area contributed by atoms with Crippen molar-refractivity contribution in [1.82, 2.24) is 24.5 Å². The SMILES string of the molecule is Fc1ncccc1-c1ncnc2c1ncn2[C@H]1CCCCO1. The fourth-order valence-corrected chi connectivity index (χ4v) is 2.77. The fraction of sp³-hybridized carbons (Fsp3) is 0.333. The van der Waals surface area contributed by atoms with E-state index in [1.54, 1.807) is 18.5 Å². The molecule has 0 saturated carbocycles. The third-order valence-electron chi connectivity index (χ3n) is 3.84. The van der Waals surface area contributed by atoms with E-state index in [4.69, 9.17) is 4.74 Å². The summed E-state index contributed by atoms with van der Waals surface area (Å²) >= 11 is 0. The van der Waals surface area contributed by atoms with Crippen LogP contribution in [0.3, 0.4) is 0 Å². The molecule has 7 heteroatoms. The second-order valence-electron chi connectivity index (χ2n) is 5.21. The van der Waals surface area contributed by atoms with Crippen molar-refractivity contribution < 1.29 is 9.13 Å². The van der Waals surface area contributed by atoms with Crippen LogP contribution < -0.4 is 0 Å². The van der Waals surface area contributed by atoms with Gasteiger partial charge in [0.2, 0.25) is 5.95 Å². The molecule has 4 heterocycles. The van der Waals surface area contributed by atoms with Crippen LogP contribution >= 0.6 is 0 Å². The van der Waals surface area contributed by atoms with E-state index in [1.165, 1.54) is 12.5 Å². The number of hydrogen-bond donors (Lipinski definition) is 0. The summed E-state index contributed by atoms with van der Waals surface area (Å²) in [5.41, 5.74) is 1.98. The maximum absolute atomic E-state index is 13.9. The summed E-state index contributed by atoms with van der Waals surface area (Å²) in [4.78, 5) is 16.5. The van der Waals surface area contributed by atoms with Gasteiger partial charge in [-0.1, -0.05) is 0 Å². The molecule has 1 aliphatic heterocycles. The van der Waals surface area contributed by atoms with Gasteiger partial charge in [-0.25, -0.2) is 19.9 Å². The summed E-state index contributed by atoms with van der Waals surface area (Å²) in [5.74, 6) is -0.564.